The summed E-state index contributed by atoms with van der Waals surface area (Å²) >= 11 is 0. The first kappa shape index (κ1) is 17.2. The van der Waals surface area contributed by atoms with Crippen LogP contribution in [0, 0.1) is 23.0 Å². The Labute approximate surface area is 138 Å². The van der Waals surface area contributed by atoms with Gasteiger partial charge in [0.2, 0.25) is 0 Å². The van der Waals surface area contributed by atoms with E-state index in [0.29, 0.717) is 11.1 Å². The van der Waals surface area contributed by atoms with Gasteiger partial charge in [-0.2, -0.15) is 5.26 Å². The molecule has 6 heteroatoms. The SMILES string of the molecule is COc1cc(/C=C(\C#N)C(=O)NCc2ccc(F)cc2)ccc1F. The summed E-state index contributed by atoms with van der Waals surface area (Å²) in [7, 11) is 1.33. The Morgan fingerprint density at radius 1 is 1.25 bits per heavy atom. The van der Waals surface area contributed by atoms with Crippen molar-refractivity contribution in [3.8, 4) is 11.8 Å². The summed E-state index contributed by atoms with van der Waals surface area (Å²) in [5.41, 5.74) is 1.03. The number of carbonyl (C=O) groups is 1. The lowest BCUT2D eigenvalue weighted by Crippen LogP contribution is -2.23. The van der Waals surface area contributed by atoms with Crippen molar-refractivity contribution in [1.29, 1.82) is 5.26 Å². The minimum atomic E-state index is -0.579. The van der Waals surface area contributed by atoms with Crippen LogP contribution in [0.4, 0.5) is 8.78 Å². The number of hydrogen-bond acceptors (Lipinski definition) is 3. The average Bonchev–Trinajstić information content (AvgIpc) is 2.60. The number of ether oxygens (including phenoxy) is 1. The van der Waals surface area contributed by atoms with E-state index < -0.39 is 11.7 Å². The van der Waals surface area contributed by atoms with Gasteiger partial charge in [-0.25, -0.2) is 8.78 Å². The lowest BCUT2D eigenvalue weighted by molar-refractivity contribution is -0.117. The second-order valence-corrected chi connectivity index (χ2v) is 4.87. The molecule has 0 unspecified atom stereocenters. The van der Waals surface area contributed by atoms with Gasteiger partial charge in [0, 0.05) is 6.54 Å². The summed E-state index contributed by atoms with van der Waals surface area (Å²) in [6.07, 6.45) is 1.34. The largest absolute Gasteiger partial charge is 0.494 e. The van der Waals surface area contributed by atoms with Crippen LogP contribution in [0.15, 0.2) is 48.0 Å². The van der Waals surface area contributed by atoms with Crippen LogP contribution in [0.1, 0.15) is 11.1 Å². The summed E-state index contributed by atoms with van der Waals surface area (Å²) in [5.74, 6) is -1.46. The van der Waals surface area contributed by atoms with E-state index in [0.717, 1.165) is 0 Å². The van der Waals surface area contributed by atoms with Crippen LogP contribution in [0.25, 0.3) is 6.08 Å². The van der Waals surface area contributed by atoms with Gasteiger partial charge in [-0.1, -0.05) is 18.2 Å². The van der Waals surface area contributed by atoms with Gasteiger partial charge in [-0.15, -0.1) is 0 Å². The molecule has 0 radical (unpaired) electrons. The van der Waals surface area contributed by atoms with Crippen molar-refractivity contribution in [2.75, 3.05) is 7.11 Å². The fourth-order valence-electron chi connectivity index (χ4n) is 1.96. The van der Waals surface area contributed by atoms with Crippen molar-refractivity contribution >= 4 is 12.0 Å². The van der Waals surface area contributed by atoms with Gasteiger partial charge in [0.25, 0.3) is 5.91 Å². The molecule has 0 aliphatic carbocycles. The Balaban J connectivity index is 2.11. The number of nitrogens with zero attached hydrogens (tertiary/aromatic N) is 1. The Morgan fingerprint density at radius 3 is 2.58 bits per heavy atom. The maximum atomic E-state index is 13.4. The molecule has 0 aliphatic rings. The number of amides is 1. The highest BCUT2D eigenvalue weighted by Crippen LogP contribution is 2.20. The van der Waals surface area contributed by atoms with E-state index in [-0.39, 0.29) is 23.7 Å². The fraction of sp³-hybridized carbons (Fsp3) is 0.111. The van der Waals surface area contributed by atoms with Gasteiger partial charge in [0.15, 0.2) is 11.6 Å². The third kappa shape index (κ3) is 4.40. The van der Waals surface area contributed by atoms with Crippen LogP contribution >= 0.6 is 0 Å². The molecule has 0 atom stereocenters. The molecule has 0 saturated heterocycles. The molecule has 2 aromatic carbocycles. The number of carbonyl (C=O) groups excluding carboxylic acids is 1. The number of methoxy groups -OCH3 is 1. The minimum Gasteiger partial charge on any atom is -0.494 e. The average molecular weight is 328 g/mol. The van der Waals surface area contributed by atoms with E-state index in [2.05, 4.69) is 5.32 Å². The van der Waals surface area contributed by atoms with Gasteiger partial charge < -0.3 is 10.1 Å². The summed E-state index contributed by atoms with van der Waals surface area (Å²) in [4.78, 5) is 12.1. The molecule has 0 saturated carbocycles. The first-order chi connectivity index (χ1) is 11.5. The van der Waals surface area contributed by atoms with Crippen molar-refractivity contribution < 1.29 is 18.3 Å². The van der Waals surface area contributed by atoms with Gasteiger partial charge in [0.1, 0.15) is 17.5 Å². The number of benzene rings is 2. The van der Waals surface area contributed by atoms with E-state index in [1.165, 1.54) is 55.7 Å². The summed E-state index contributed by atoms with van der Waals surface area (Å²) in [6, 6.07) is 11.5. The number of nitrogens with one attached hydrogen (secondary N) is 1. The second-order valence-electron chi connectivity index (χ2n) is 4.87. The Kier molecular flexibility index (Phi) is 5.63. The van der Waals surface area contributed by atoms with Crippen LogP contribution in [-0.4, -0.2) is 13.0 Å². The van der Waals surface area contributed by atoms with Crippen LogP contribution in [0.3, 0.4) is 0 Å². The Hall–Kier alpha value is -3.20. The van der Waals surface area contributed by atoms with E-state index in [1.807, 2.05) is 0 Å². The fourth-order valence-corrected chi connectivity index (χ4v) is 1.96. The number of rotatable bonds is 5. The van der Waals surface area contributed by atoms with Crippen molar-refractivity contribution in [2.24, 2.45) is 0 Å². The molecule has 4 nitrogen and oxygen atoms in total. The van der Waals surface area contributed by atoms with Crippen molar-refractivity contribution in [3.05, 3.63) is 70.8 Å². The Morgan fingerprint density at radius 2 is 1.96 bits per heavy atom. The monoisotopic (exact) mass is 328 g/mol. The molecule has 122 valence electrons. The topological polar surface area (TPSA) is 62.1 Å². The van der Waals surface area contributed by atoms with Gasteiger partial charge in [0.05, 0.1) is 7.11 Å². The van der Waals surface area contributed by atoms with E-state index in [9.17, 15) is 13.6 Å². The Bertz CT molecular complexity index is 809. The predicted octanol–water partition coefficient (Wildman–Crippen LogP) is 3.20. The van der Waals surface area contributed by atoms with Crippen LogP contribution < -0.4 is 10.1 Å². The lowest BCUT2D eigenvalue weighted by atomic mass is 10.1. The van der Waals surface area contributed by atoms with Crippen LogP contribution in [0.5, 0.6) is 5.75 Å². The van der Waals surface area contributed by atoms with E-state index in [4.69, 9.17) is 10.00 Å². The van der Waals surface area contributed by atoms with E-state index >= 15 is 0 Å². The highest BCUT2D eigenvalue weighted by molar-refractivity contribution is 6.01. The minimum absolute atomic E-state index is 0.0211. The zero-order chi connectivity index (χ0) is 17.5. The highest BCUT2D eigenvalue weighted by atomic mass is 19.1. The van der Waals surface area contributed by atoms with Gasteiger partial charge in [-0.05, 0) is 41.5 Å². The smallest absolute Gasteiger partial charge is 0.262 e. The molecule has 0 aliphatic heterocycles. The molecule has 0 aromatic heterocycles. The van der Waals surface area contributed by atoms with Gasteiger partial charge in [-0.3, -0.25) is 4.79 Å². The second kappa shape index (κ2) is 7.88. The molecular weight excluding hydrogens is 314 g/mol. The standard InChI is InChI=1S/C18H14F2N2O2/c1-24-17-9-13(4-7-16(17)20)8-14(10-21)18(23)22-11-12-2-5-15(19)6-3-12/h2-9H,11H2,1H3,(H,22,23)/b14-8+. The third-order valence-electron chi connectivity index (χ3n) is 3.22. The normalized spacial score (nSPS) is 10.8. The van der Waals surface area contributed by atoms with Crippen molar-refractivity contribution in [2.45, 2.75) is 6.54 Å². The summed E-state index contributed by atoms with van der Waals surface area (Å²) in [5, 5.41) is 11.7. The zero-order valence-corrected chi connectivity index (χ0v) is 12.8. The summed E-state index contributed by atoms with van der Waals surface area (Å²) in [6.45, 7) is 0.158. The summed E-state index contributed by atoms with van der Waals surface area (Å²) < 4.78 is 31.1. The number of nitriles is 1. The number of hydrogen-bond donors (Lipinski definition) is 1. The molecule has 0 heterocycles. The first-order valence-corrected chi connectivity index (χ1v) is 7.01. The lowest BCUT2D eigenvalue weighted by Gasteiger charge is -2.06. The first-order valence-electron chi connectivity index (χ1n) is 7.01. The molecule has 0 fully saturated rings. The molecular formula is C18H14F2N2O2. The molecule has 0 spiro atoms. The molecule has 2 rings (SSSR count). The van der Waals surface area contributed by atoms with Crippen molar-refractivity contribution in [1.82, 2.24) is 5.32 Å². The molecule has 1 N–H and O–H groups in total. The quantitative estimate of drug-likeness (QED) is 0.677. The van der Waals surface area contributed by atoms with Gasteiger partial charge >= 0.3 is 0 Å². The molecule has 1 amide bonds. The molecule has 2 aromatic rings. The third-order valence-corrected chi connectivity index (χ3v) is 3.22. The van der Waals surface area contributed by atoms with E-state index in [1.54, 1.807) is 6.07 Å². The highest BCUT2D eigenvalue weighted by Gasteiger charge is 2.10. The van der Waals surface area contributed by atoms with Crippen molar-refractivity contribution in [3.63, 3.8) is 0 Å². The molecule has 24 heavy (non-hydrogen) atoms. The maximum Gasteiger partial charge on any atom is 0.262 e. The zero-order valence-electron chi connectivity index (χ0n) is 12.8. The van der Waals surface area contributed by atoms with Crippen LogP contribution in [0.2, 0.25) is 0 Å². The molecule has 0 bridgehead atoms. The maximum absolute atomic E-state index is 13.4. The number of halogens is 2. The van der Waals surface area contributed by atoms with Crippen LogP contribution in [-0.2, 0) is 11.3 Å². The predicted molar refractivity (Wildman–Crippen MR) is 84.8 cm³/mol.